The average molecular weight is 1300 g/mol. The minimum atomic E-state index is 0. The number of rotatable bonds is 18. The van der Waals surface area contributed by atoms with Crippen LogP contribution in [0.4, 0.5) is 22.7 Å². The Kier molecular flexibility index (Phi) is 45.3. The van der Waals surface area contributed by atoms with Gasteiger partial charge in [-0.25, -0.2) is 36.6 Å². The Morgan fingerprint density at radius 1 is 0.391 bits per heavy atom. The molecule has 0 atom stereocenters. The van der Waals surface area contributed by atoms with E-state index in [0.29, 0.717) is 0 Å². The molecule has 8 rings (SSSR count). The first-order valence-corrected chi connectivity index (χ1v) is 28.6. The second-order valence-electron chi connectivity index (χ2n) is 18.2. The molecule has 0 saturated heterocycles. The summed E-state index contributed by atoms with van der Waals surface area (Å²) in [4.78, 5) is 17.0. The molecule has 2 N–H and O–H groups in total. The number of benzene rings is 6. The summed E-state index contributed by atoms with van der Waals surface area (Å²) >= 11 is 0. The van der Waals surface area contributed by atoms with E-state index in [0.717, 1.165) is 71.2 Å². The zero-order chi connectivity index (χ0) is 63.0. The fraction of sp³-hybridized carbons (Fsp3) is 0.278. The number of nitrogens with one attached hydrogen (secondary N) is 2. The minimum Gasteiger partial charge on any atom is -0.372 e. The zero-order valence-corrected chi connectivity index (χ0v) is 55.1. The molecule has 87 heavy (non-hydrogen) atoms. The topological polar surface area (TPSA) is 183 Å². The van der Waals surface area contributed by atoms with Gasteiger partial charge >= 0.3 is 34.1 Å². The van der Waals surface area contributed by atoms with Crippen LogP contribution < -0.4 is 24.6 Å². The van der Waals surface area contributed by atoms with E-state index in [2.05, 4.69) is 298 Å². The van der Waals surface area contributed by atoms with Gasteiger partial charge < -0.3 is 19.6 Å². The maximum Gasteiger partial charge on any atom is 1.00 e. The predicted octanol–water partition coefficient (Wildman–Crippen LogP) is 13.1. The summed E-state index contributed by atoms with van der Waals surface area (Å²) in [6, 6.07) is 53.9. The van der Waals surface area contributed by atoms with Gasteiger partial charge in [0.2, 0.25) is 5.71 Å². The van der Waals surface area contributed by atoms with E-state index < -0.39 is 0 Å². The fourth-order valence-electron chi connectivity index (χ4n) is 10.4. The van der Waals surface area contributed by atoms with Gasteiger partial charge in [0.1, 0.15) is 12.2 Å². The summed E-state index contributed by atoms with van der Waals surface area (Å²) in [7, 11) is 0. The van der Waals surface area contributed by atoms with Gasteiger partial charge in [0, 0.05) is 131 Å². The Morgan fingerprint density at radius 3 is 1.00 bits per heavy atom. The molecule has 0 fully saturated rings. The molecule has 460 valence electrons. The third-order valence-corrected chi connectivity index (χ3v) is 14.3. The number of fused-ring (bicyclic) bond motifs is 2. The molecule has 0 bridgehead atoms. The molecule has 0 spiro atoms. The van der Waals surface area contributed by atoms with Crippen LogP contribution in [0.2, 0.25) is 0 Å². The normalized spacial score (nSPS) is 12.1. The van der Waals surface area contributed by atoms with Crippen LogP contribution in [-0.4, -0.2) is 76.9 Å². The minimum absolute atomic E-state index is 0. The van der Waals surface area contributed by atoms with E-state index in [1.54, 1.807) is 0 Å². The van der Waals surface area contributed by atoms with Crippen LogP contribution in [0.15, 0.2) is 175 Å². The fourth-order valence-corrected chi connectivity index (χ4v) is 10.4. The van der Waals surface area contributed by atoms with Crippen molar-refractivity contribution in [2.24, 2.45) is 4.99 Å². The maximum atomic E-state index is 6.50. The second kappa shape index (κ2) is 47.7. The molecule has 0 radical (unpaired) electrons. The van der Waals surface area contributed by atoms with Crippen LogP contribution in [-0.2, 0) is 51.2 Å². The number of hydrogen-bond donors (Lipinski definition) is 2. The molecule has 0 aromatic heterocycles. The Hall–Kier alpha value is -8.52. The largest absolute Gasteiger partial charge is 1.00 e. The third-order valence-electron chi connectivity index (χ3n) is 14.3. The third kappa shape index (κ3) is 22.1. The monoisotopic (exact) mass is 1300 g/mol. The molecule has 6 aromatic rings. The van der Waals surface area contributed by atoms with Gasteiger partial charge in [0.15, 0.2) is 0 Å². The van der Waals surface area contributed by atoms with Gasteiger partial charge in [-0.15, -0.1) is 0 Å². The van der Waals surface area contributed by atoms with E-state index in [-0.39, 0.29) is 51.2 Å². The summed E-state index contributed by atoms with van der Waals surface area (Å²) in [5.41, 5.74) is 22.4. The van der Waals surface area contributed by atoms with Crippen molar-refractivity contribution in [3.63, 3.8) is 0 Å². The molecule has 2 aliphatic rings. The molecular weight excluding hydrogens is 1220 g/mol. The van der Waals surface area contributed by atoms with Gasteiger partial charge in [-0.1, -0.05) is 84.9 Å². The standard InChI is InChI=1S/2C33H39N3.6CHN.2Cu.Fe/c2*1-6-34-32-24-23-31(29-13-11-12-14-30(29)32)33(25-15-19-27(20-16-25)35(7-2)8-3)26-17-21-28(22-18-26)36(9-4)10-5;6*1-2;;;/h2*11-24H,6-10H2,1-5H3;6*1H;;;/q;;;;;;;;2*+1;/p+2. The van der Waals surface area contributed by atoms with Crippen molar-refractivity contribution in [2.45, 2.75) is 69.2 Å². The van der Waals surface area contributed by atoms with Crippen molar-refractivity contribution in [1.82, 2.24) is 0 Å². The first kappa shape index (κ1) is 82.7. The number of nitrogens with zero attached hydrogens (tertiary/aromatic N) is 10. The smallest absolute Gasteiger partial charge is 0.372 e. The first-order chi connectivity index (χ1) is 41.3. The van der Waals surface area contributed by atoms with Crippen molar-refractivity contribution in [3.05, 3.63) is 214 Å². The average Bonchev–Trinajstić information content (AvgIpc) is 1.11. The summed E-state index contributed by atoms with van der Waals surface area (Å²) in [6.07, 6.45) is 8.95. The number of hydrogen-bond acceptors (Lipinski definition) is 10. The van der Waals surface area contributed by atoms with Gasteiger partial charge in [-0.2, -0.15) is 0 Å². The van der Waals surface area contributed by atoms with Crippen molar-refractivity contribution in [3.8, 4) is 39.4 Å². The van der Waals surface area contributed by atoms with Crippen molar-refractivity contribution in [1.29, 1.82) is 31.6 Å². The molecule has 0 saturated carbocycles. The second-order valence-corrected chi connectivity index (χ2v) is 18.2. The van der Waals surface area contributed by atoms with Gasteiger partial charge in [-0.05, 0) is 204 Å². The van der Waals surface area contributed by atoms with Crippen molar-refractivity contribution in [2.75, 3.05) is 80.1 Å². The Labute approximate surface area is 553 Å². The van der Waals surface area contributed by atoms with Crippen molar-refractivity contribution < 1.29 is 61.1 Å². The molecule has 2 aliphatic carbocycles. The van der Waals surface area contributed by atoms with Crippen molar-refractivity contribution >= 4 is 56.5 Å². The number of allylic oxidation sites excluding steroid dienone is 6. The quantitative estimate of drug-likeness (QED) is 0.0791. The number of nitriles is 6. The predicted molar refractivity (Wildman–Crippen MR) is 354 cm³/mol. The molecule has 0 heterocycles. The Bertz CT molecular complexity index is 2860. The zero-order valence-electron chi connectivity index (χ0n) is 52.1. The Balaban J connectivity index is -0.00000134. The molecule has 0 amide bonds. The molecule has 15 heteroatoms. The number of quaternary nitrogens is 1. The number of aliphatic imine (C=N–C) groups is 1. The van der Waals surface area contributed by atoms with Crippen LogP contribution in [0.1, 0.15) is 114 Å². The summed E-state index contributed by atoms with van der Waals surface area (Å²) in [5.74, 6) is 0. The van der Waals surface area contributed by atoms with Gasteiger partial charge in [-0.3, -0.25) is 4.99 Å². The van der Waals surface area contributed by atoms with E-state index in [9.17, 15) is 0 Å². The molecular formula is C72H86Cu2FeN12+4. The molecule has 12 nitrogen and oxygen atoms in total. The molecule has 0 unspecified atom stereocenters. The summed E-state index contributed by atoms with van der Waals surface area (Å²) < 4.78 is 0. The van der Waals surface area contributed by atoms with Gasteiger partial charge in [0.05, 0.1) is 24.4 Å². The molecule has 0 aliphatic heterocycles. The van der Waals surface area contributed by atoms with E-state index in [1.165, 1.54) is 100 Å². The van der Waals surface area contributed by atoms with E-state index >= 15 is 0 Å². The SMILES string of the molecule is C#N.C#N.C#N.C#N.C#N.C#N.CCN=C1C=CC(=C(c2ccc(N(CC)CC)cc2)c2ccc(N(CC)CC)cc2)c2ccccc21.CC[NH+]=C1C=CC(=C(c2ccc(N(CC)CC)cc2)c2ccc([NH+](CC)CC)cc2)c2ccccc21.[Cu+].[Cu+].[Fe]. The maximum absolute atomic E-state index is 6.50. The van der Waals surface area contributed by atoms with Crippen LogP contribution in [0.25, 0.3) is 22.3 Å². The number of anilines is 3. The van der Waals surface area contributed by atoms with E-state index in [4.69, 9.17) is 36.6 Å². The van der Waals surface area contributed by atoms with Crippen LogP contribution in [0.3, 0.4) is 0 Å². The van der Waals surface area contributed by atoms with Crippen LogP contribution >= 0.6 is 0 Å². The summed E-state index contributed by atoms with van der Waals surface area (Å²) in [6.45, 7) is 52.9. The first-order valence-electron chi connectivity index (χ1n) is 28.6. The van der Waals surface area contributed by atoms with E-state index in [1.807, 2.05) is 0 Å². The van der Waals surface area contributed by atoms with Gasteiger partial charge in [0.25, 0.3) is 0 Å². The summed E-state index contributed by atoms with van der Waals surface area (Å²) in [5, 5.41) is 39.0. The molecule has 6 aromatic carbocycles. The van der Waals surface area contributed by atoms with Crippen LogP contribution in [0.5, 0.6) is 0 Å². The van der Waals surface area contributed by atoms with Crippen LogP contribution in [0, 0.1) is 71.0 Å². The Morgan fingerprint density at radius 2 is 0.690 bits per heavy atom.